The van der Waals surface area contributed by atoms with Crippen molar-refractivity contribution in [3.63, 3.8) is 0 Å². The van der Waals surface area contributed by atoms with Crippen LogP contribution in [0.5, 0.6) is 0 Å². The van der Waals surface area contributed by atoms with E-state index in [1.807, 2.05) is 0 Å². The first-order chi connectivity index (χ1) is 7.27. The average molecular weight is 229 g/mol. The molecule has 0 radical (unpaired) electrons. The van der Waals surface area contributed by atoms with Gasteiger partial charge in [-0.25, -0.2) is 0 Å². The Hall–Kier alpha value is -0.420. The zero-order chi connectivity index (χ0) is 11.1. The largest absolute Gasteiger partial charge is 0.382 e. The zero-order valence-electron chi connectivity index (χ0n) is 9.53. The Morgan fingerprint density at radius 1 is 1.47 bits per heavy atom. The van der Waals surface area contributed by atoms with Crippen molar-refractivity contribution in [2.45, 2.75) is 19.1 Å². The fraction of sp³-hybridized carbons (Fsp3) is 0.636. The van der Waals surface area contributed by atoms with E-state index >= 15 is 0 Å². The van der Waals surface area contributed by atoms with Gasteiger partial charge >= 0.3 is 0 Å². The van der Waals surface area contributed by atoms with E-state index in [9.17, 15) is 0 Å². The molecule has 0 fully saturated rings. The van der Waals surface area contributed by atoms with E-state index in [1.165, 1.54) is 4.88 Å². The van der Waals surface area contributed by atoms with Crippen LogP contribution in [0.15, 0.2) is 17.5 Å². The molecule has 0 aliphatic rings. The molecule has 4 heteroatoms. The lowest BCUT2D eigenvalue weighted by Crippen LogP contribution is -2.33. The van der Waals surface area contributed by atoms with Crippen molar-refractivity contribution >= 4 is 11.3 Å². The molecule has 0 saturated heterocycles. The molecule has 0 spiro atoms. The molecule has 15 heavy (non-hydrogen) atoms. The second-order valence-corrected chi connectivity index (χ2v) is 4.44. The number of hydrogen-bond acceptors (Lipinski definition) is 4. The molecule has 0 bridgehead atoms. The fourth-order valence-corrected chi connectivity index (χ4v) is 2.10. The fourth-order valence-electron chi connectivity index (χ4n) is 1.34. The summed E-state index contributed by atoms with van der Waals surface area (Å²) in [7, 11) is 3.40. The van der Waals surface area contributed by atoms with E-state index in [0.29, 0.717) is 12.6 Å². The lowest BCUT2D eigenvalue weighted by molar-refractivity contribution is 0.0277. The Morgan fingerprint density at radius 2 is 2.27 bits per heavy atom. The summed E-state index contributed by atoms with van der Waals surface area (Å²) in [6, 6.07) is 4.58. The molecule has 0 aliphatic heterocycles. The highest BCUT2D eigenvalue weighted by Crippen LogP contribution is 2.17. The summed E-state index contributed by atoms with van der Waals surface area (Å²) in [5.41, 5.74) is 0. The molecule has 0 aromatic carbocycles. The van der Waals surface area contributed by atoms with Crippen molar-refractivity contribution in [1.29, 1.82) is 0 Å². The molecule has 3 nitrogen and oxygen atoms in total. The zero-order valence-corrected chi connectivity index (χ0v) is 10.3. The van der Waals surface area contributed by atoms with Gasteiger partial charge < -0.3 is 14.8 Å². The van der Waals surface area contributed by atoms with Crippen LogP contribution in [0.25, 0.3) is 0 Å². The maximum Gasteiger partial charge on any atom is 0.0928 e. The Balaban J connectivity index is 2.29. The molecule has 0 aliphatic carbocycles. The first kappa shape index (κ1) is 12.6. The smallest absolute Gasteiger partial charge is 0.0928 e. The SMILES string of the molecule is COCC(CNC(C)c1cccs1)OC. The van der Waals surface area contributed by atoms with Crippen LogP contribution in [-0.2, 0) is 9.47 Å². The lowest BCUT2D eigenvalue weighted by atomic mass is 10.2. The average Bonchev–Trinajstić information content (AvgIpc) is 2.77. The van der Waals surface area contributed by atoms with E-state index in [4.69, 9.17) is 9.47 Å². The standard InChI is InChI=1S/C11H19NO2S/c1-9(11-5-4-6-15-11)12-7-10(14-3)8-13-2/h4-6,9-10,12H,7-8H2,1-3H3. The summed E-state index contributed by atoms with van der Waals surface area (Å²) in [6.07, 6.45) is 0.123. The summed E-state index contributed by atoms with van der Waals surface area (Å²) in [4.78, 5) is 1.35. The van der Waals surface area contributed by atoms with Crippen molar-refractivity contribution in [3.8, 4) is 0 Å². The molecule has 2 atom stereocenters. The predicted molar refractivity (Wildman–Crippen MR) is 63.4 cm³/mol. The molecule has 1 N–H and O–H groups in total. The summed E-state index contributed by atoms with van der Waals surface area (Å²) in [5, 5.41) is 5.52. The topological polar surface area (TPSA) is 30.5 Å². The molecule has 1 aromatic rings. The van der Waals surface area contributed by atoms with Gasteiger partial charge in [0, 0.05) is 31.7 Å². The molecule has 1 rings (SSSR count). The van der Waals surface area contributed by atoms with E-state index < -0.39 is 0 Å². The van der Waals surface area contributed by atoms with Crippen LogP contribution < -0.4 is 5.32 Å². The monoisotopic (exact) mass is 229 g/mol. The summed E-state index contributed by atoms with van der Waals surface area (Å²) < 4.78 is 10.3. The molecule has 1 heterocycles. The van der Waals surface area contributed by atoms with Gasteiger partial charge in [0.15, 0.2) is 0 Å². The maximum atomic E-state index is 5.27. The lowest BCUT2D eigenvalue weighted by Gasteiger charge is -2.18. The second kappa shape index (κ2) is 6.95. The van der Waals surface area contributed by atoms with Crippen molar-refractivity contribution in [2.24, 2.45) is 0 Å². The number of hydrogen-bond donors (Lipinski definition) is 1. The number of rotatable bonds is 7. The van der Waals surface area contributed by atoms with E-state index in [2.05, 4.69) is 29.8 Å². The van der Waals surface area contributed by atoms with Gasteiger partial charge in [0.2, 0.25) is 0 Å². The Kier molecular flexibility index (Phi) is 5.86. The highest BCUT2D eigenvalue weighted by Gasteiger charge is 2.10. The van der Waals surface area contributed by atoms with Crippen LogP contribution in [0, 0.1) is 0 Å². The van der Waals surface area contributed by atoms with E-state index in [0.717, 1.165) is 6.54 Å². The second-order valence-electron chi connectivity index (χ2n) is 3.46. The summed E-state index contributed by atoms with van der Waals surface area (Å²) in [6.45, 7) is 3.59. The van der Waals surface area contributed by atoms with Crippen LogP contribution >= 0.6 is 11.3 Å². The van der Waals surface area contributed by atoms with Gasteiger partial charge in [0.1, 0.15) is 0 Å². The normalized spacial score (nSPS) is 15.1. The van der Waals surface area contributed by atoms with Crippen LogP contribution in [0.3, 0.4) is 0 Å². The van der Waals surface area contributed by atoms with Gasteiger partial charge in [-0.05, 0) is 18.4 Å². The third-order valence-electron chi connectivity index (χ3n) is 2.31. The van der Waals surface area contributed by atoms with Crippen LogP contribution in [-0.4, -0.2) is 33.5 Å². The predicted octanol–water partition coefficient (Wildman–Crippen LogP) is 2.06. The Morgan fingerprint density at radius 3 is 2.80 bits per heavy atom. The Labute approximate surface area is 95.4 Å². The Bertz CT molecular complexity index is 251. The van der Waals surface area contributed by atoms with Crippen LogP contribution in [0.1, 0.15) is 17.8 Å². The minimum absolute atomic E-state index is 0.123. The first-order valence-corrected chi connectivity index (χ1v) is 5.94. The number of ether oxygens (including phenoxy) is 2. The van der Waals surface area contributed by atoms with Gasteiger partial charge in [-0.15, -0.1) is 11.3 Å². The molecule has 86 valence electrons. The molecule has 0 saturated carbocycles. The number of nitrogens with one attached hydrogen (secondary N) is 1. The van der Waals surface area contributed by atoms with Crippen LogP contribution in [0.4, 0.5) is 0 Å². The third-order valence-corrected chi connectivity index (χ3v) is 3.36. The van der Waals surface area contributed by atoms with Gasteiger partial charge in [-0.1, -0.05) is 6.07 Å². The summed E-state index contributed by atoms with van der Waals surface area (Å²) >= 11 is 1.77. The van der Waals surface area contributed by atoms with Gasteiger partial charge in [0.05, 0.1) is 12.7 Å². The number of thiophene rings is 1. The van der Waals surface area contributed by atoms with Crippen molar-refractivity contribution in [2.75, 3.05) is 27.4 Å². The maximum absolute atomic E-state index is 5.27. The van der Waals surface area contributed by atoms with Crippen molar-refractivity contribution < 1.29 is 9.47 Å². The summed E-state index contributed by atoms with van der Waals surface area (Å²) in [5.74, 6) is 0. The number of methoxy groups -OCH3 is 2. The third kappa shape index (κ3) is 4.30. The molecule has 0 amide bonds. The van der Waals surface area contributed by atoms with Crippen molar-refractivity contribution in [1.82, 2.24) is 5.32 Å². The van der Waals surface area contributed by atoms with Crippen LogP contribution in [0.2, 0.25) is 0 Å². The minimum atomic E-state index is 0.123. The van der Waals surface area contributed by atoms with E-state index in [1.54, 1.807) is 25.6 Å². The van der Waals surface area contributed by atoms with Gasteiger partial charge in [-0.3, -0.25) is 0 Å². The first-order valence-electron chi connectivity index (χ1n) is 5.06. The van der Waals surface area contributed by atoms with E-state index in [-0.39, 0.29) is 6.10 Å². The van der Waals surface area contributed by atoms with Crippen molar-refractivity contribution in [3.05, 3.63) is 22.4 Å². The molecular weight excluding hydrogens is 210 g/mol. The highest BCUT2D eigenvalue weighted by molar-refractivity contribution is 7.10. The minimum Gasteiger partial charge on any atom is -0.382 e. The molecule has 2 unspecified atom stereocenters. The quantitative estimate of drug-likeness (QED) is 0.776. The molecular formula is C11H19NO2S. The highest BCUT2D eigenvalue weighted by atomic mass is 32.1. The van der Waals surface area contributed by atoms with Gasteiger partial charge in [0.25, 0.3) is 0 Å². The van der Waals surface area contributed by atoms with Gasteiger partial charge in [-0.2, -0.15) is 0 Å². The molecule has 1 aromatic heterocycles.